The number of carbonyl (C=O) groups excluding carboxylic acids is 3. The van der Waals surface area contributed by atoms with Crippen molar-refractivity contribution in [2.45, 2.75) is 51.5 Å². The maximum Gasteiger partial charge on any atom is 0.254 e. The van der Waals surface area contributed by atoms with E-state index in [9.17, 15) is 14.4 Å². The van der Waals surface area contributed by atoms with Crippen LogP contribution in [-0.2, 0) is 33.6 Å². The van der Waals surface area contributed by atoms with Crippen molar-refractivity contribution < 1.29 is 19.1 Å². The molecule has 3 aromatic rings. The minimum Gasteiger partial charge on any atom is -0.384 e. The number of nitrogens with zero attached hydrogens (tertiary/aromatic N) is 1. The van der Waals surface area contributed by atoms with Crippen LogP contribution in [-0.4, -0.2) is 60.7 Å². The number of amides is 2. The zero-order valence-corrected chi connectivity index (χ0v) is 24.9. The minimum absolute atomic E-state index is 0.0108. The number of morpholine rings is 1. The summed E-state index contributed by atoms with van der Waals surface area (Å²) in [5.74, 6) is -0.365. The van der Waals surface area contributed by atoms with Crippen LogP contribution in [0, 0.1) is 11.3 Å². The van der Waals surface area contributed by atoms with Crippen LogP contribution in [0.2, 0.25) is 0 Å². The smallest absolute Gasteiger partial charge is 0.254 e. The summed E-state index contributed by atoms with van der Waals surface area (Å²) in [4.78, 5) is 40.9. The van der Waals surface area contributed by atoms with Gasteiger partial charge in [-0.1, -0.05) is 66.7 Å². The zero-order chi connectivity index (χ0) is 30.6. The SMILES string of the molecule is C[C@H](NC(=O)[C@@H](CCc1ccccc1)CCc1ccc(C(=O)N2CCOCC2)cc1)C(=O)CCc1ccc(C(=N)N)cc1. The van der Waals surface area contributed by atoms with E-state index in [0.717, 1.165) is 17.5 Å². The van der Waals surface area contributed by atoms with E-state index in [4.69, 9.17) is 15.9 Å². The Bertz CT molecular complexity index is 1370. The van der Waals surface area contributed by atoms with Gasteiger partial charge in [-0.05, 0) is 67.9 Å². The number of ketones is 1. The third-order valence-corrected chi connectivity index (χ3v) is 8.04. The Morgan fingerprint density at radius 3 is 1.93 bits per heavy atom. The monoisotopic (exact) mass is 582 g/mol. The summed E-state index contributed by atoms with van der Waals surface area (Å²) in [6, 6.07) is 24.5. The lowest BCUT2D eigenvalue weighted by atomic mass is 9.91. The van der Waals surface area contributed by atoms with Gasteiger partial charge in [0, 0.05) is 36.6 Å². The minimum atomic E-state index is -0.589. The zero-order valence-electron chi connectivity index (χ0n) is 24.9. The molecule has 8 heteroatoms. The molecule has 43 heavy (non-hydrogen) atoms. The van der Waals surface area contributed by atoms with E-state index in [0.29, 0.717) is 69.5 Å². The second kappa shape index (κ2) is 15.8. The molecule has 0 unspecified atom stereocenters. The Morgan fingerprint density at radius 1 is 0.814 bits per heavy atom. The molecule has 4 N–H and O–H groups in total. The number of nitrogens with two attached hydrogens (primary N) is 1. The lowest BCUT2D eigenvalue weighted by Gasteiger charge is -2.26. The molecule has 0 aromatic heterocycles. The van der Waals surface area contributed by atoms with Gasteiger partial charge in [0.25, 0.3) is 5.91 Å². The molecule has 0 bridgehead atoms. The number of Topliss-reactive ketones (excluding diaryl/α,β-unsaturated/α-hetero) is 1. The van der Waals surface area contributed by atoms with Gasteiger partial charge in [0.2, 0.25) is 5.91 Å². The molecule has 226 valence electrons. The highest BCUT2D eigenvalue weighted by molar-refractivity contribution is 5.95. The summed E-state index contributed by atoms with van der Waals surface area (Å²) in [5.41, 5.74) is 10.0. The van der Waals surface area contributed by atoms with Crippen LogP contribution in [0.5, 0.6) is 0 Å². The van der Waals surface area contributed by atoms with Gasteiger partial charge < -0.3 is 20.7 Å². The van der Waals surface area contributed by atoms with Crippen molar-refractivity contribution in [3.8, 4) is 0 Å². The molecule has 1 heterocycles. The molecule has 1 aliphatic rings. The first-order valence-electron chi connectivity index (χ1n) is 15.1. The lowest BCUT2D eigenvalue weighted by molar-refractivity contribution is -0.130. The molecule has 1 fully saturated rings. The highest BCUT2D eigenvalue weighted by Gasteiger charge is 2.23. The first kappa shape index (κ1) is 31.6. The first-order chi connectivity index (χ1) is 20.8. The summed E-state index contributed by atoms with van der Waals surface area (Å²) in [6.07, 6.45) is 3.64. The van der Waals surface area contributed by atoms with Crippen LogP contribution in [0.3, 0.4) is 0 Å². The molecule has 2 atom stereocenters. The topological polar surface area (TPSA) is 126 Å². The van der Waals surface area contributed by atoms with Crippen molar-refractivity contribution in [1.82, 2.24) is 10.2 Å². The van der Waals surface area contributed by atoms with E-state index in [-0.39, 0.29) is 29.4 Å². The van der Waals surface area contributed by atoms with Crippen molar-refractivity contribution in [1.29, 1.82) is 5.41 Å². The molecule has 0 saturated carbocycles. The molecule has 1 saturated heterocycles. The first-order valence-corrected chi connectivity index (χ1v) is 15.1. The highest BCUT2D eigenvalue weighted by Crippen LogP contribution is 2.19. The second-order valence-corrected chi connectivity index (χ2v) is 11.2. The van der Waals surface area contributed by atoms with E-state index < -0.39 is 6.04 Å². The molecule has 0 aliphatic carbocycles. The van der Waals surface area contributed by atoms with Crippen LogP contribution in [0.15, 0.2) is 78.9 Å². The molecule has 1 aliphatic heterocycles. The Balaban J connectivity index is 1.33. The van der Waals surface area contributed by atoms with Gasteiger partial charge in [-0.15, -0.1) is 0 Å². The Morgan fingerprint density at radius 2 is 1.35 bits per heavy atom. The third-order valence-electron chi connectivity index (χ3n) is 8.04. The molecule has 0 radical (unpaired) electrons. The average molecular weight is 583 g/mol. The van der Waals surface area contributed by atoms with Gasteiger partial charge >= 0.3 is 0 Å². The largest absolute Gasteiger partial charge is 0.384 e. The Hall–Kier alpha value is -4.30. The number of hydrogen-bond acceptors (Lipinski definition) is 5. The number of carbonyl (C=O) groups is 3. The fourth-order valence-corrected chi connectivity index (χ4v) is 5.24. The fraction of sp³-hybridized carbons (Fsp3) is 0.371. The summed E-state index contributed by atoms with van der Waals surface area (Å²) in [7, 11) is 0. The third kappa shape index (κ3) is 9.61. The summed E-state index contributed by atoms with van der Waals surface area (Å²) < 4.78 is 5.35. The average Bonchev–Trinajstić information content (AvgIpc) is 3.04. The van der Waals surface area contributed by atoms with Crippen molar-refractivity contribution in [3.05, 3.63) is 107 Å². The molecule has 2 amide bonds. The summed E-state index contributed by atoms with van der Waals surface area (Å²) in [6.45, 7) is 4.09. The standard InChI is InChI=1S/C35H42N4O4/c1-25(32(40)20-13-28-7-14-29(15-8-28)33(36)37)38-34(41)30(16-9-26-5-3-2-4-6-26)17-10-27-11-18-31(19-12-27)35(42)39-21-23-43-24-22-39/h2-8,11-12,14-15,18-19,25,30H,9-10,13,16-17,20-24H2,1H3,(H3,36,37)(H,38,41)/t25-,30-/m0/s1. The Labute approximate surface area is 254 Å². The lowest BCUT2D eigenvalue weighted by Crippen LogP contribution is -2.42. The van der Waals surface area contributed by atoms with E-state index >= 15 is 0 Å². The van der Waals surface area contributed by atoms with Gasteiger partial charge in [-0.2, -0.15) is 0 Å². The van der Waals surface area contributed by atoms with Gasteiger partial charge in [0.1, 0.15) is 5.84 Å². The van der Waals surface area contributed by atoms with Gasteiger partial charge in [-0.25, -0.2) is 0 Å². The maximum atomic E-state index is 13.4. The quantitative estimate of drug-likeness (QED) is 0.193. The molecule has 3 aromatic carbocycles. The normalized spacial score (nSPS) is 14.5. The molecule has 8 nitrogen and oxygen atoms in total. The number of ether oxygens (including phenoxy) is 1. The van der Waals surface area contributed by atoms with Crippen molar-refractivity contribution >= 4 is 23.4 Å². The Kier molecular flexibility index (Phi) is 11.6. The van der Waals surface area contributed by atoms with Crippen LogP contribution in [0.4, 0.5) is 0 Å². The second-order valence-electron chi connectivity index (χ2n) is 11.2. The fourth-order valence-electron chi connectivity index (χ4n) is 5.24. The summed E-state index contributed by atoms with van der Waals surface area (Å²) >= 11 is 0. The number of aryl methyl sites for hydroxylation is 3. The van der Waals surface area contributed by atoms with E-state index in [1.165, 1.54) is 5.56 Å². The van der Waals surface area contributed by atoms with E-state index in [2.05, 4.69) is 17.4 Å². The number of rotatable bonds is 14. The highest BCUT2D eigenvalue weighted by atomic mass is 16.5. The van der Waals surface area contributed by atoms with Crippen LogP contribution in [0.25, 0.3) is 0 Å². The van der Waals surface area contributed by atoms with Gasteiger partial charge in [-0.3, -0.25) is 19.8 Å². The van der Waals surface area contributed by atoms with E-state index in [1.807, 2.05) is 59.5 Å². The van der Waals surface area contributed by atoms with Crippen LogP contribution >= 0.6 is 0 Å². The number of nitrogen functional groups attached to an aromatic ring is 1. The van der Waals surface area contributed by atoms with Crippen molar-refractivity contribution in [3.63, 3.8) is 0 Å². The van der Waals surface area contributed by atoms with Crippen molar-refractivity contribution in [2.75, 3.05) is 26.3 Å². The van der Waals surface area contributed by atoms with E-state index in [1.54, 1.807) is 19.1 Å². The molecule has 0 spiro atoms. The molecule has 4 rings (SSSR count). The number of amidine groups is 1. The van der Waals surface area contributed by atoms with Gasteiger partial charge in [0.15, 0.2) is 5.78 Å². The van der Waals surface area contributed by atoms with Gasteiger partial charge in [0.05, 0.1) is 19.3 Å². The molecular formula is C35H42N4O4. The van der Waals surface area contributed by atoms with Crippen LogP contribution in [0.1, 0.15) is 58.8 Å². The molecular weight excluding hydrogens is 540 g/mol. The maximum absolute atomic E-state index is 13.4. The summed E-state index contributed by atoms with van der Waals surface area (Å²) in [5, 5.41) is 10.5. The predicted molar refractivity (Wildman–Crippen MR) is 168 cm³/mol. The number of hydrogen-bond donors (Lipinski definition) is 3. The van der Waals surface area contributed by atoms with Crippen molar-refractivity contribution in [2.24, 2.45) is 11.7 Å². The predicted octanol–water partition coefficient (Wildman–Crippen LogP) is 4.33. The van der Waals surface area contributed by atoms with Crippen LogP contribution < -0.4 is 11.1 Å². The number of nitrogens with one attached hydrogen (secondary N) is 2. The number of benzene rings is 3.